The summed E-state index contributed by atoms with van der Waals surface area (Å²) in [7, 11) is 0. The number of ether oxygens (including phenoxy) is 2. The van der Waals surface area contributed by atoms with Crippen molar-refractivity contribution in [2.75, 3.05) is 18.1 Å². The van der Waals surface area contributed by atoms with Gasteiger partial charge in [0.1, 0.15) is 13.2 Å². The van der Waals surface area contributed by atoms with Crippen LogP contribution in [0.2, 0.25) is 0 Å². The van der Waals surface area contributed by atoms with Gasteiger partial charge in [0.05, 0.1) is 0 Å². The highest BCUT2D eigenvalue weighted by molar-refractivity contribution is 9.10. The molecule has 0 N–H and O–H groups in total. The monoisotopic (exact) mass is 455 g/mol. The summed E-state index contributed by atoms with van der Waals surface area (Å²) in [4.78, 5) is 14.0. The summed E-state index contributed by atoms with van der Waals surface area (Å²) in [6.07, 6.45) is 2.60. The Morgan fingerprint density at radius 3 is 2.73 bits per heavy atom. The summed E-state index contributed by atoms with van der Waals surface area (Å²) < 4.78 is 13.1. The predicted molar refractivity (Wildman–Crippen MR) is 105 cm³/mol. The molecular weight excluding hydrogens is 438 g/mol. The molecule has 0 saturated heterocycles. The van der Waals surface area contributed by atoms with Crippen LogP contribution < -0.4 is 14.4 Å². The molecule has 0 unspecified atom stereocenters. The molecule has 1 aliphatic carbocycles. The fraction of sp³-hybridized carbons (Fsp3) is 0.471. The van der Waals surface area contributed by atoms with Gasteiger partial charge in [0, 0.05) is 22.7 Å². The molecule has 0 atom stereocenters. The molecule has 6 nitrogen and oxygen atoms in total. The minimum Gasteiger partial charge on any atom is -0.486 e. The first-order valence-electron chi connectivity index (χ1n) is 8.52. The Morgan fingerprint density at radius 1 is 1.31 bits per heavy atom. The van der Waals surface area contributed by atoms with E-state index in [1.807, 2.05) is 24.0 Å². The van der Waals surface area contributed by atoms with Gasteiger partial charge >= 0.3 is 0 Å². The number of thioether (sulfide) groups is 1. The van der Waals surface area contributed by atoms with Crippen molar-refractivity contribution in [1.82, 2.24) is 10.2 Å². The lowest BCUT2D eigenvalue weighted by Crippen LogP contribution is -2.32. The summed E-state index contributed by atoms with van der Waals surface area (Å²) >= 11 is 6.69. The molecule has 1 aromatic carbocycles. The van der Waals surface area contributed by atoms with Gasteiger partial charge in [-0.3, -0.25) is 9.69 Å². The average molecular weight is 456 g/mol. The van der Waals surface area contributed by atoms with Crippen molar-refractivity contribution >= 4 is 50.1 Å². The molecule has 0 bridgehead atoms. The number of hydrogen-bond donors (Lipinski definition) is 0. The molecule has 0 radical (unpaired) electrons. The molecule has 2 aliphatic rings. The number of anilines is 1. The molecule has 1 saturated carbocycles. The largest absolute Gasteiger partial charge is 0.486 e. The van der Waals surface area contributed by atoms with Gasteiger partial charge in [0.15, 0.2) is 15.8 Å². The average Bonchev–Trinajstić information content (AvgIpc) is 3.37. The van der Waals surface area contributed by atoms with Gasteiger partial charge < -0.3 is 9.47 Å². The van der Waals surface area contributed by atoms with Gasteiger partial charge in [-0.2, -0.15) is 0 Å². The number of benzene rings is 1. The maximum atomic E-state index is 12.2. The molecule has 138 valence electrons. The van der Waals surface area contributed by atoms with E-state index < -0.39 is 0 Å². The molecule has 2 heterocycles. The van der Waals surface area contributed by atoms with Gasteiger partial charge in [0.2, 0.25) is 11.0 Å². The standard InChI is InChI=1S/C17H18BrN3O3S2/c1-2-15(22)21(11-3-4-11)16-19-20-17(26-16)25-9-10-7-13-14(8-12(10)18)24-6-5-23-13/h7-8,11H,2-6,9H2,1H3. The number of aromatic nitrogens is 2. The van der Waals surface area contributed by atoms with Crippen LogP contribution >= 0.6 is 39.0 Å². The number of carbonyl (C=O) groups excluding carboxylic acids is 1. The molecule has 26 heavy (non-hydrogen) atoms. The molecule has 2 aromatic rings. The zero-order chi connectivity index (χ0) is 18.1. The Balaban J connectivity index is 1.46. The zero-order valence-corrected chi connectivity index (χ0v) is 17.5. The van der Waals surface area contributed by atoms with Crippen molar-refractivity contribution < 1.29 is 14.3 Å². The van der Waals surface area contributed by atoms with Gasteiger partial charge in [-0.1, -0.05) is 46.0 Å². The SMILES string of the molecule is CCC(=O)N(c1nnc(SCc2cc3c(cc2Br)OCCO3)s1)C1CC1. The number of carbonyl (C=O) groups is 1. The second-order valence-electron chi connectivity index (χ2n) is 6.07. The third kappa shape index (κ3) is 3.84. The number of hydrogen-bond acceptors (Lipinski definition) is 7. The van der Waals surface area contributed by atoms with E-state index in [9.17, 15) is 4.79 Å². The lowest BCUT2D eigenvalue weighted by Gasteiger charge is -2.19. The van der Waals surface area contributed by atoms with Crippen LogP contribution in [0.5, 0.6) is 11.5 Å². The van der Waals surface area contributed by atoms with E-state index in [4.69, 9.17) is 9.47 Å². The Bertz CT molecular complexity index is 826. The first kappa shape index (κ1) is 18.1. The zero-order valence-electron chi connectivity index (χ0n) is 14.2. The van der Waals surface area contributed by atoms with Crippen LogP contribution in [0.3, 0.4) is 0 Å². The van der Waals surface area contributed by atoms with Gasteiger partial charge in [-0.05, 0) is 30.5 Å². The lowest BCUT2D eigenvalue weighted by atomic mass is 10.2. The van der Waals surface area contributed by atoms with E-state index in [-0.39, 0.29) is 5.91 Å². The number of amides is 1. The molecular formula is C17H18BrN3O3S2. The minimum atomic E-state index is 0.120. The lowest BCUT2D eigenvalue weighted by molar-refractivity contribution is -0.118. The fourth-order valence-corrected chi connectivity index (χ4v) is 5.25. The second-order valence-corrected chi connectivity index (χ2v) is 9.11. The third-order valence-electron chi connectivity index (χ3n) is 4.15. The maximum Gasteiger partial charge on any atom is 0.228 e. The van der Waals surface area contributed by atoms with E-state index in [0.717, 1.165) is 44.5 Å². The maximum absolute atomic E-state index is 12.2. The summed E-state index contributed by atoms with van der Waals surface area (Å²) in [5.41, 5.74) is 1.11. The number of nitrogens with zero attached hydrogens (tertiary/aromatic N) is 3. The van der Waals surface area contributed by atoms with Crippen molar-refractivity contribution in [3.63, 3.8) is 0 Å². The second kappa shape index (κ2) is 7.74. The normalized spacial score (nSPS) is 15.8. The summed E-state index contributed by atoms with van der Waals surface area (Å²) in [5, 5.41) is 9.22. The molecule has 1 amide bonds. The molecule has 1 aromatic heterocycles. The molecule has 1 fully saturated rings. The van der Waals surface area contributed by atoms with E-state index in [1.165, 1.54) is 11.3 Å². The van der Waals surface area contributed by atoms with E-state index in [2.05, 4.69) is 26.1 Å². The Labute approximate surface area is 168 Å². The predicted octanol–water partition coefficient (Wildman–Crippen LogP) is 4.27. The Hall–Kier alpha value is -1.32. The number of rotatable bonds is 6. The van der Waals surface area contributed by atoms with Crippen LogP contribution in [-0.2, 0) is 10.5 Å². The first-order valence-corrected chi connectivity index (χ1v) is 11.1. The van der Waals surface area contributed by atoms with E-state index >= 15 is 0 Å². The smallest absolute Gasteiger partial charge is 0.228 e. The Morgan fingerprint density at radius 2 is 2.04 bits per heavy atom. The van der Waals surface area contributed by atoms with Crippen LogP contribution in [-0.4, -0.2) is 35.4 Å². The topological polar surface area (TPSA) is 64.6 Å². The van der Waals surface area contributed by atoms with Gasteiger partial charge in [-0.25, -0.2) is 0 Å². The fourth-order valence-electron chi connectivity index (χ4n) is 2.68. The Kier molecular flexibility index (Phi) is 5.37. The molecule has 9 heteroatoms. The summed E-state index contributed by atoms with van der Waals surface area (Å²) in [5.74, 6) is 2.40. The van der Waals surface area contributed by atoms with E-state index in [0.29, 0.717) is 30.8 Å². The van der Waals surface area contributed by atoms with Crippen molar-refractivity contribution in [2.24, 2.45) is 0 Å². The molecule has 0 spiro atoms. The third-order valence-corrected chi connectivity index (χ3v) is 6.99. The number of fused-ring (bicyclic) bond motifs is 1. The van der Waals surface area contributed by atoms with Crippen molar-refractivity contribution in [3.8, 4) is 11.5 Å². The quantitative estimate of drug-likeness (QED) is 0.478. The van der Waals surface area contributed by atoms with Gasteiger partial charge in [-0.15, -0.1) is 10.2 Å². The highest BCUT2D eigenvalue weighted by Crippen LogP contribution is 2.40. The molecule has 4 rings (SSSR count). The van der Waals surface area contributed by atoms with Gasteiger partial charge in [0.25, 0.3) is 0 Å². The highest BCUT2D eigenvalue weighted by atomic mass is 79.9. The highest BCUT2D eigenvalue weighted by Gasteiger charge is 2.35. The van der Waals surface area contributed by atoms with Crippen molar-refractivity contribution in [3.05, 3.63) is 22.2 Å². The first-order chi connectivity index (χ1) is 12.7. The van der Waals surface area contributed by atoms with Crippen LogP contribution in [0.25, 0.3) is 0 Å². The summed E-state index contributed by atoms with van der Waals surface area (Å²) in [6, 6.07) is 4.26. The molecule has 1 aliphatic heterocycles. The number of halogens is 1. The van der Waals surface area contributed by atoms with Crippen LogP contribution in [0.4, 0.5) is 5.13 Å². The minimum absolute atomic E-state index is 0.120. The van der Waals surface area contributed by atoms with Crippen molar-refractivity contribution in [2.45, 2.75) is 42.3 Å². The van der Waals surface area contributed by atoms with Crippen LogP contribution in [0.15, 0.2) is 20.9 Å². The van der Waals surface area contributed by atoms with Crippen molar-refractivity contribution in [1.29, 1.82) is 0 Å². The van der Waals surface area contributed by atoms with E-state index in [1.54, 1.807) is 11.8 Å². The summed E-state index contributed by atoms with van der Waals surface area (Å²) in [6.45, 7) is 3.03. The van der Waals surface area contributed by atoms with Crippen LogP contribution in [0.1, 0.15) is 31.7 Å². The van der Waals surface area contributed by atoms with Crippen LogP contribution in [0, 0.1) is 0 Å².